The van der Waals surface area contributed by atoms with Crippen LogP contribution in [0, 0.1) is 0 Å². The van der Waals surface area contributed by atoms with Crippen LogP contribution in [0.4, 0.5) is 0 Å². The predicted molar refractivity (Wildman–Crippen MR) is 139 cm³/mol. The van der Waals surface area contributed by atoms with E-state index >= 15 is 0 Å². The van der Waals surface area contributed by atoms with Crippen LogP contribution in [-0.2, 0) is 6.42 Å². The van der Waals surface area contributed by atoms with Gasteiger partial charge in [-0.3, -0.25) is 0 Å². The van der Waals surface area contributed by atoms with E-state index in [1.54, 1.807) is 0 Å². The van der Waals surface area contributed by atoms with Crippen molar-refractivity contribution in [1.82, 2.24) is 4.98 Å². The average molecular weight is 480 g/mol. The normalized spacial score (nSPS) is 12.7. The predicted octanol–water partition coefficient (Wildman–Crippen LogP) is 6.47. The number of rotatable bonds is 7. The van der Waals surface area contributed by atoms with Crippen LogP contribution >= 0.6 is 0 Å². The quantitative estimate of drug-likeness (QED) is 0.262. The van der Waals surface area contributed by atoms with Gasteiger partial charge in [0, 0.05) is 16.3 Å². The number of fused-ring (bicyclic) bond motifs is 3. The zero-order valence-corrected chi connectivity index (χ0v) is 19.6. The second kappa shape index (κ2) is 9.30. The second-order valence-electron chi connectivity index (χ2n) is 8.80. The van der Waals surface area contributed by atoms with Gasteiger partial charge in [0.1, 0.15) is 24.7 Å². The number of aryl methyl sites for hydroxylation is 1. The third kappa shape index (κ3) is 4.01. The maximum Gasteiger partial charge on any atom is 0.352 e. The minimum Gasteiger partial charge on any atom is -0.493 e. The Morgan fingerprint density at radius 3 is 2.56 bits per heavy atom. The summed E-state index contributed by atoms with van der Waals surface area (Å²) in [5, 5.41) is 13.1. The van der Waals surface area contributed by atoms with Crippen molar-refractivity contribution < 1.29 is 24.1 Å². The number of benzene rings is 4. The Bertz CT molecular complexity index is 1580. The second-order valence-corrected chi connectivity index (χ2v) is 8.80. The lowest BCUT2D eigenvalue weighted by Crippen LogP contribution is -2.15. The molecule has 0 bridgehead atoms. The van der Waals surface area contributed by atoms with Gasteiger partial charge in [-0.05, 0) is 47.6 Å². The molecule has 6 rings (SSSR count). The molecular formula is C30H25NO5. The van der Waals surface area contributed by atoms with Gasteiger partial charge in [-0.25, -0.2) is 4.79 Å². The van der Waals surface area contributed by atoms with Crippen LogP contribution in [-0.4, -0.2) is 35.9 Å². The summed E-state index contributed by atoms with van der Waals surface area (Å²) in [6.45, 7) is 1.53. The SMILES string of the molecule is O=C(O)c1[nH]c2c(-c3ccc4c(c3)OCCO4)cccc2c1CCCOc1cccc2ccccc12. The van der Waals surface area contributed by atoms with E-state index in [0.717, 1.165) is 49.9 Å². The number of para-hydroxylation sites is 1. The van der Waals surface area contributed by atoms with Crippen LogP contribution in [0.3, 0.4) is 0 Å². The minimum absolute atomic E-state index is 0.222. The molecule has 0 spiro atoms. The van der Waals surface area contributed by atoms with Gasteiger partial charge >= 0.3 is 5.97 Å². The molecule has 2 N–H and O–H groups in total. The zero-order valence-electron chi connectivity index (χ0n) is 19.6. The van der Waals surface area contributed by atoms with E-state index in [4.69, 9.17) is 14.2 Å². The Morgan fingerprint density at radius 2 is 1.67 bits per heavy atom. The molecule has 36 heavy (non-hydrogen) atoms. The molecule has 0 atom stereocenters. The Labute approximate surface area is 208 Å². The maximum absolute atomic E-state index is 12.1. The fourth-order valence-electron chi connectivity index (χ4n) is 4.92. The minimum atomic E-state index is -0.968. The molecule has 5 aromatic rings. The van der Waals surface area contributed by atoms with Crippen molar-refractivity contribution in [2.45, 2.75) is 12.8 Å². The lowest BCUT2D eigenvalue weighted by molar-refractivity contribution is 0.0690. The highest BCUT2D eigenvalue weighted by atomic mass is 16.6. The highest BCUT2D eigenvalue weighted by molar-refractivity contribution is 6.03. The summed E-state index contributed by atoms with van der Waals surface area (Å²) < 4.78 is 17.5. The van der Waals surface area contributed by atoms with Crippen molar-refractivity contribution >= 4 is 27.6 Å². The summed E-state index contributed by atoms with van der Waals surface area (Å²) in [6.07, 6.45) is 1.27. The van der Waals surface area contributed by atoms with Crippen molar-refractivity contribution in [3.8, 4) is 28.4 Å². The molecule has 0 fully saturated rings. The van der Waals surface area contributed by atoms with E-state index in [-0.39, 0.29) is 5.69 Å². The Morgan fingerprint density at radius 1 is 0.889 bits per heavy atom. The summed E-state index contributed by atoms with van der Waals surface area (Å²) >= 11 is 0. The van der Waals surface area contributed by atoms with Gasteiger partial charge in [0.15, 0.2) is 11.5 Å². The van der Waals surface area contributed by atoms with Crippen molar-refractivity contribution in [3.05, 3.63) is 90.1 Å². The number of aromatic nitrogens is 1. The van der Waals surface area contributed by atoms with Gasteiger partial charge in [0.2, 0.25) is 0 Å². The highest BCUT2D eigenvalue weighted by Gasteiger charge is 2.20. The molecule has 6 nitrogen and oxygen atoms in total. The Balaban J connectivity index is 1.27. The smallest absolute Gasteiger partial charge is 0.352 e. The van der Waals surface area contributed by atoms with E-state index in [1.807, 2.05) is 66.7 Å². The summed E-state index contributed by atoms with van der Waals surface area (Å²) in [5.74, 6) is 1.30. The summed E-state index contributed by atoms with van der Waals surface area (Å²) in [6, 6.07) is 25.9. The molecule has 0 radical (unpaired) electrons. The van der Waals surface area contributed by atoms with Crippen LogP contribution in [0.2, 0.25) is 0 Å². The van der Waals surface area contributed by atoms with Crippen molar-refractivity contribution in [2.75, 3.05) is 19.8 Å². The summed E-state index contributed by atoms with van der Waals surface area (Å²) in [5.41, 5.74) is 3.68. The third-order valence-corrected chi connectivity index (χ3v) is 6.59. The van der Waals surface area contributed by atoms with Crippen LogP contribution in [0.25, 0.3) is 32.8 Å². The first kappa shape index (κ1) is 22.0. The molecule has 2 heterocycles. The fourth-order valence-corrected chi connectivity index (χ4v) is 4.92. The number of nitrogens with one attached hydrogen (secondary N) is 1. The fraction of sp³-hybridized carbons (Fsp3) is 0.167. The van der Waals surface area contributed by atoms with E-state index in [0.29, 0.717) is 38.4 Å². The monoisotopic (exact) mass is 479 g/mol. The lowest BCUT2D eigenvalue weighted by atomic mass is 9.99. The molecule has 4 aromatic carbocycles. The van der Waals surface area contributed by atoms with Gasteiger partial charge < -0.3 is 24.3 Å². The molecule has 0 amide bonds. The largest absolute Gasteiger partial charge is 0.493 e. The first-order valence-corrected chi connectivity index (χ1v) is 12.1. The first-order valence-electron chi connectivity index (χ1n) is 12.1. The lowest BCUT2D eigenvalue weighted by Gasteiger charge is -2.19. The topological polar surface area (TPSA) is 80.8 Å². The van der Waals surface area contributed by atoms with Gasteiger partial charge in [0.25, 0.3) is 0 Å². The van der Waals surface area contributed by atoms with Crippen LogP contribution in [0.1, 0.15) is 22.5 Å². The van der Waals surface area contributed by atoms with Crippen molar-refractivity contribution in [2.24, 2.45) is 0 Å². The van der Waals surface area contributed by atoms with E-state index in [2.05, 4.69) is 17.1 Å². The number of hydrogen-bond acceptors (Lipinski definition) is 4. The molecule has 1 aliphatic heterocycles. The molecule has 180 valence electrons. The summed E-state index contributed by atoms with van der Waals surface area (Å²) in [7, 11) is 0. The number of carbonyl (C=O) groups is 1. The number of hydrogen-bond donors (Lipinski definition) is 2. The van der Waals surface area contributed by atoms with Crippen LogP contribution in [0.15, 0.2) is 78.9 Å². The molecular weight excluding hydrogens is 454 g/mol. The van der Waals surface area contributed by atoms with Gasteiger partial charge in [-0.15, -0.1) is 0 Å². The Hall–Kier alpha value is -4.45. The van der Waals surface area contributed by atoms with Crippen LogP contribution in [0.5, 0.6) is 17.2 Å². The molecule has 1 aromatic heterocycles. The summed E-state index contributed by atoms with van der Waals surface area (Å²) in [4.78, 5) is 15.3. The highest BCUT2D eigenvalue weighted by Crippen LogP contribution is 2.38. The van der Waals surface area contributed by atoms with E-state index in [9.17, 15) is 9.90 Å². The van der Waals surface area contributed by atoms with Crippen molar-refractivity contribution in [3.63, 3.8) is 0 Å². The number of ether oxygens (including phenoxy) is 3. The average Bonchev–Trinajstić information content (AvgIpc) is 3.30. The number of aromatic amines is 1. The molecule has 0 aliphatic carbocycles. The standard InChI is InChI=1S/C30H25NO5/c32-30(33)29-24(11-5-15-34-25-12-3-7-19-6-1-2-8-21(19)25)23-10-4-9-22(28(23)31-29)20-13-14-26-27(18-20)36-17-16-35-26/h1-4,6-10,12-14,18,31H,5,11,15-17H2,(H,32,33). The Kier molecular flexibility index (Phi) is 5.70. The van der Waals surface area contributed by atoms with Crippen LogP contribution < -0.4 is 14.2 Å². The molecule has 0 saturated heterocycles. The molecule has 6 heteroatoms. The molecule has 0 saturated carbocycles. The first-order chi connectivity index (χ1) is 17.7. The number of carboxylic acid groups (broad SMARTS) is 1. The maximum atomic E-state index is 12.1. The van der Waals surface area contributed by atoms with E-state index < -0.39 is 5.97 Å². The molecule has 0 unspecified atom stereocenters. The van der Waals surface area contributed by atoms with E-state index in [1.165, 1.54) is 0 Å². The van der Waals surface area contributed by atoms with Crippen molar-refractivity contribution in [1.29, 1.82) is 0 Å². The van der Waals surface area contributed by atoms with Gasteiger partial charge in [-0.1, -0.05) is 60.7 Å². The zero-order chi connectivity index (χ0) is 24.5. The van der Waals surface area contributed by atoms with Gasteiger partial charge in [-0.2, -0.15) is 0 Å². The third-order valence-electron chi connectivity index (χ3n) is 6.59. The number of aromatic carboxylic acids is 1. The van der Waals surface area contributed by atoms with Gasteiger partial charge in [0.05, 0.1) is 12.1 Å². The molecule has 1 aliphatic rings. The number of carboxylic acids is 1. The number of H-pyrrole nitrogens is 1.